The van der Waals surface area contributed by atoms with Crippen molar-refractivity contribution in [3.63, 3.8) is 0 Å². The molecule has 1 aromatic heterocycles. The number of benzene rings is 1. The Balaban J connectivity index is 2.03. The fourth-order valence-electron chi connectivity index (χ4n) is 1.69. The molecule has 1 heterocycles. The summed E-state index contributed by atoms with van der Waals surface area (Å²) in [5, 5.41) is 3.27. The molecule has 0 bridgehead atoms. The molecule has 0 fully saturated rings. The van der Waals surface area contributed by atoms with Crippen LogP contribution in [0.1, 0.15) is 11.8 Å². The molecule has 2 aromatic rings. The Bertz CT molecular complexity index is 693. The third kappa shape index (κ3) is 4.53. The third-order valence-corrected chi connectivity index (χ3v) is 7.48. The van der Waals surface area contributed by atoms with Crippen LogP contribution in [0.15, 0.2) is 43.5 Å². The summed E-state index contributed by atoms with van der Waals surface area (Å²) in [7, 11) is -3.38. The van der Waals surface area contributed by atoms with Gasteiger partial charge in [-0.2, -0.15) is 0 Å². The van der Waals surface area contributed by atoms with Crippen molar-refractivity contribution >= 4 is 58.9 Å². The van der Waals surface area contributed by atoms with Gasteiger partial charge in [0, 0.05) is 28.1 Å². The Kier molecular flexibility index (Phi) is 5.84. The average Bonchev–Trinajstić information content (AvgIpc) is 2.76. The fraction of sp³-hybridized carbons (Fsp3) is 0.231. The van der Waals surface area contributed by atoms with Gasteiger partial charge in [0.05, 0.1) is 8.68 Å². The SMILES string of the molecule is CCNS(=O)(=O)c1ccc(NCc2cc(Br)c(Br)s2)cc1. The fourth-order valence-corrected chi connectivity index (χ4v) is 4.85. The predicted molar refractivity (Wildman–Crippen MR) is 94.4 cm³/mol. The highest BCUT2D eigenvalue weighted by Gasteiger charge is 2.11. The standard InChI is InChI=1S/C13H14Br2N2O2S2/c1-2-17-21(18,19)11-5-3-9(4-6-11)16-8-10-7-12(14)13(15)20-10/h3-7,16-17H,2,8H2,1H3. The number of anilines is 1. The van der Waals surface area contributed by atoms with E-state index in [1.165, 1.54) is 4.88 Å². The molecular formula is C13H14Br2N2O2S2. The first-order valence-electron chi connectivity index (χ1n) is 6.19. The van der Waals surface area contributed by atoms with Crippen LogP contribution >= 0.6 is 43.2 Å². The molecule has 1 aromatic carbocycles. The molecule has 0 spiro atoms. The zero-order valence-electron chi connectivity index (χ0n) is 11.2. The van der Waals surface area contributed by atoms with Crippen molar-refractivity contribution in [1.29, 1.82) is 0 Å². The van der Waals surface area contributed by atoms with Gasteiger partial charge in [0.2, 0.25) is 10.0 Å². The summed E-state index contributed by atoms with van der Waals surface area (Å²) >= 11 is 8.56. The van der Waals surface area contributed by atoms with E-state index in [0.29, 0.717) is 13.1 Å². The molecule has 4 nitrogen and oxygen atoms in total. The van der Waals surface area contributed by atoms with Gasteiger partial charge in [-0.3, -0.25) is 0 Å². The lowest BCUT2D eigenvalue weighted by Gasteiger charge is -2.07. The van der Waals surface area contributed by atoms with E-state index in [2.05, 4.69) is 41.9 Å². The number of sulfonamides is 1. The van der Waals surface area contributed by atoms with Crippen LogP contribution in [0.2, 0.25) is 0 Å². The van der Waals surface area contributed by atoms with Crippen LogP contribution in [0.4, 0.5) is 5.69 Å². The Hall–Kier alpha value is -0.410. The monoisotopic (exact) mass is 452 g/mol. The van der Waals surface area contributed by atoms with Gasteiger partial charge in [-0.1, -0.05) is 6.92 Å². The molecule has 0 aliphatic rings. The van der Waals surface area contributed by atoms with Gasteiger partial charge < -0.3 is 5.32 Å². The second kappa shape index (κ2) is 7.23. The molecule has 2 N–H and O–H groups in total. The van der Waals surface area contributed by atoms with Crippen molar-refractivity contribution in [2.45, 2.75) is 18.4 Å². The quantitative estimate of drug-likeness (QED) is 0.689. The molecule has 0 radical (unpaired) electrons. The molecule has 114 valence electrons. The van der Waals surface area contributed by atoms with Crippen LogP contribution in [-0.4, -0.2) is 15.0 Å². The zero-order valence-corrected chi connectivity index (χ0v) is 16.0. The second-order valence-corrected chi connectivity index (χ2v) is 9.29. The van der Waals surface area contributed by atoms with E-state index in [1.54, 1.807) is 42.5 Å². The molecule has 0 atom stereocenters. The molecule has 0 saturated heterocycles. The smallest absolute Gasteiger partial charge is 0.240 e. The van der Waals surface area contributed by atoms with Crippen molar-refractivity contribution in [2.24, 2.45) is 0 Å². The maximum atomic E-state index is 11.8. The maximum Gasteiger partial charge on any atom is 0.240 e. The predicted octanol–water partition coefficient (Wildman–Crippen LogP) is 4.18. The lowest BCUT2D eigenvalue weighted by molar-refractivity contribution is 0.584. The molecule has 0 amide bonds. The Labute approximate surface area is 145 Å². The Morgan fingerprint density at radius 3 is 2.38 bits per heavy atom. The minimum Gasteiger partial charge on any atom is -0.380 e. The Morgan fingerprint density at radius 2 is 1.86 bits per heavy atom. The van der Waals surface area contributed by atoms with Crippen molar-refractivity contribution < 1.29 is 8.42 Å². The van der Waals surface area contributed by atoms with Crippen molar-refractivity contribution in [1.82, 2.24) is 4.72 Å². The molecule has 0 aliphatic carbocycles. The van der Waals surface area contributed by atoms with Crippen molar-refractivity contribution in [2.75, 3.05) is 11.9 Å². The number of halogens is 2. The Morgan fingerprint density at radius 1 is 1.19 bits per heavy atom. The number of rotatable bonds is 6. The van der Waals surface area contributed by atoms with Gasteiger partial charge in [0.15, 0.2) is 0 Å². The van der Waals surface area contributed by atoms with Crippen LogP contribution in [0.5, 0.6) is 0 Å². The van der Waals surface area contributed by atoms with Gasteiger partial charge in [-0.25, -0.2) is 13.1 Å². The van der Waals surface area contributed by atoms with Crippen molar-refractivity contribution in [3.8, 4) is 0 Å². The van der Waals surface area contributed by atoms with Crippen LogP contribution in [0, 0.1) is 0 Å². The lowest BCUT2D eigenvalue weighted by atomic mass is 10.3. The summed E-state index contributed by atoms with van der Waals surface area (Å²) < 4.78 is 28.2. The van der Waals surface area contributed by atoms with E-state index in [1.807, 2.05) is 6.07 Å². The first kappa shape index (κ1) is 17.0. The number of thiophene rings is 1. The van der Waals surface area contributed by atoms with E-state index in [4.69, 9.17) is 0 Å². The highest BCUT2D eigenvalue weighted by molar-refractivity contribution is 9.13. The van der Waals surface area contributed by atoms with Crippen LogP contribution in [-0.2, 0) is 16.6 Å². The largest absolute Gasteiger partial charge is 0.380 e. The minimum atomic E-state index is -3.38. The van der Waals surface area contributed by atoms with Crippen LogP contribution in [0.25, 0.3) is 0 Å². The highest BCUT2D eigenvalue weighted by atomic mass is 79.9. The van der Waals surface area contributed by atoms with Gasteiger partial charge in [0.25, 0.3) is 0 Å². The summed E-state index contributed by atoms with van der Waals surface area (Å²) in [4.78, 5) is 1.45. The molecular weight excluding hydrogens is 440 g/mol. The first-order valence-corrected chi connectivity index (χ1v) is 10.1. The highest BCUT2D eigenvalue weighted by Crippen LogP contribution is 2.32. The van der Waals surface area contributed by atoms with E-state index in [-0.39, 0.29) is 4.90 Å². The third-order valence-electron chi connectivity index (χ3n) is 2.66. The average molecular weight is 454 g/mol. The van der Waals surface area contributed by atoms with Gasteiger partial charge >= 0.3 is 0 Å². The summed E-state index contributed by atoms with van der Waals surface area (Å²) in [6, 6.07) is 8.77. The van der Waals surface area contributed by atoms with E-state index in [9.17, 15) is 8.42 Å². The maximum absolute atomic E-state index is 11.8. The van der Waals surface area contributed by atoms with Crippen molar-refractivity contribution in [3.05, 3.63) is 43.5 Å². The number of hydrogen-bond acceptors (Lipinski definition) is 4. The zero-order chi connectivity index (χ0) is 15.5. The molecule has 0 saturated carbocycles. The second-order valence-electron chi connectivity index (χ2n) is 4.21. The minimum absolute atomic E-state index is 0.275. The normalized spacial score (nSPS) is 11.6. The van der Waals surface area contributed by atoms with E-state index < -0.39 is 10.0 Å². The summed E-state index contributed by atoms with van der Waals surface area (Å²) in [5.74, 6) is 0. The summed E-state index contributed by atoms with van der Waals surface area (Å²) in [5.41, 5.74) is 0.881. The molecule has 0 unspecified atom stereocenters. The first-order chi connectivity index (χ1) is 9.92. The number of hydrogen-bond donors (Lipinski definition) is 2. The van der Waals surface area contributed by atoms with E-state index in [0.717, 1.165) is 13.9 Å². The summed E-state index contributed by atoms with van der Waals surface area (Å²) in [6.45, 7) is 2.82. The molecule has 0 aliphatic heterocycles. The van der Waals surface area contributed by atoms with Gasteiger partial charge in [-0.15, -0.1) is 11.3 Å². The van der Waals surface area contributed by atoms with Crippen LogP contribution < -0.4 is 10.0 Å². The molecule has 2 rings (SSSR count). The van der Waals surface area contributed by atoms with E-state index >= 15 is 0 Å². The lowest BCUT2D eigenvalue weighted by Crippen LogP contribution is -2.23. The molecule has 21 heavy (non-hydrogen) atoms. The summed E-state index contributed by atoms with van der Waals surface area (Å²) in [6.07, 6.45) is 0. The van der Waals surface area contributed by atoms with Gasteiger partial charge in [-0.05, 0) is 62.2 Å². The molecule has 8 heteroatoms. The van der Waals surface area contributed by atoms with Crippen LogP contribution in [0.3, 0.4) is 0 Å². The topological polar surface area (TPSA) is 58.2 Å². The van der Waals surface area contributed by atoms with Gasteiger partial charge in [0.1, 0.15) is 0 Å². The number of nitrogens with one attached hydrogen (secondary N) is 2.